The summed E-state index contributed by atoms with van der Waals surface area (Å²) in [5.41, 5.74) is 0.197. The number of rotatable bonds is 15. The molecule has 0 bridgehead atoms. The van der Waals surface area contributed by atoms with E-state index in [1.54, 1.807) is 0 Å². The zero-order valence-corrected chi connectivity index (χ0v) is 30.1. The molecule has 6 heteroatoms. The number of alkyl carbamates (subject to hydrolysis) is 1. The van der Waals surface area contributed by atoms with E-state index in [0.717, 1.165) is 44.9 Å². The number of carbonyl (C=O) groups is 2. The first-order valence-electron chi connectivity index (χ1n) is 17.3. The van der Waals surface area contributed by atoms with E-state index in [9.17, 15) is 14.9 Å². The highest BCUT2D eigenvalue weighted by Gasteiger charge is 2.49. The van der Waals surface area contributed by atoms with Gasteiger partial charge < -0.3 is 15.4 Å². The van der Waals surface area contributed by atoms with Crippen molar-refractivity contribution in [2.75, 3.05) is 13.1 Å². The van der Waals surface area contributed by atoms with Gasteiger partial charge in [-0.15, -0.1) is 0 Å². The Bertz CT molecular complexity index is 1140. The summed E-state index contributed by atoms with van der Waals surface area (Å²) >= 11 is 0. The number of ether oxygens (including phenoxy) is 1. The number of amides is 2. The predicted octanol–water partition coefficient (Wildman–Crippen LogP) is 9.57. The van der Waals surface area contributed by atoms with Crippen molar-refractivity contribution in [1.82, 2.24) is 10.6 Å². The summed E-state index contributed by atoms with van der Waals surface area (Å²) in [6, 6.07) is 13.2. The molecule has 0 fully saturated rings. The SMILES string of the molecule is CC(C)C(CC(C)(C)C(C)(C)C(CC(C)(C)C(C)(C)C#N)c1ccccc1)C(=O)NCCCNC(=O)OC1CC/C=C/CCC1. The summed E-state index contributed by atoms with van der Waals surface area (Å²) in [5.74, 6) is 0.291. The Hall–Kier alpha value is -2.81. The van der Waals surface area contributed by atoms with Crippen LogP contribution in [0.2, 0.25) is 0 Å². The Morgan fingerprint density at radius 2 is 1.51 bits per heavy atom. The molecule has 0 aromatic heterocycles. The maximum Gasteiger partial charge on any atom is 0.407 e. The van der Waals surface area contributed by atoms with Gasteiger partial charge in [-0.2, -0.15) is 5.26 Å². The van der Waals surface area contributed by atoms with Crippen LogP contribution in [0.25, 0.3) is 0 Å². The fourth-order valence-corrected chi connectivity index (χ4v) is 6.37. The monoisotopic (exact) mass is 621 g/mol. The quantitative estimate of drug-likeness (QED) is 0.151. The van der Waals surface area contributed by atoms with E-state index in [1.165, 1.54) is 5.56 Å². The molecule has 1 aromatic rings. The lowest BCUT2D eigenvalue weighted by Crippen LogP contribution is -2.45. The maximum atomic E-state index is 13.6. The highest BCUT2D eigenvalue weighted by molar-refractivity contribution is 5.79. The van der Waals surface area contributed by atoms with Crippen LogP contribution in [0.1, 0.15) is 132 Å². The number of benzene rings is 1. The molecule has 45 heavy (non-hydrogen) atoms. The minimum Gasteiger partial charge on any atom is -0.446 e. The molecular formula is C39H63N3O3. The summed E-state index contributed by atoms with van der Waals surface area (Å²) < 4.78 is 5.63. The van der Waals surface area contributed by atoms with Gasteiger partial charge in [0.1, 0.15) is 6.10 Å². The van der Waals surface area contributed by atoms with Gasteiger partial charge in [-0.1, -0.05) is 97.9 Å². The number of hydrogen-bond acceptors (Lipinski definition) is 4. The number of nitriles is 1. The summed E-state index contributed by atoms with van der Waals surface area (Å²) in [5, 5.41) is 16.0. The lowest BCUT2D eigenvalue weighted by atomic mass is 9.52. The van der Waals surface area contributed by atoms with Crippen molar-refractivity contribution in [3.63, 3.8) is 0 Å². The number of allylic oxidation sites excluding steroid dienone is 2. The molecule has 3 atom stereocenters. The van der Waals surface area contributed by atoms with Crippen LogP contribution >= 0.6 is 0 Å². The van der Waals surface area contributed by atoms with Crippen LogP contribution in [0, 0.1) is 44.8 Å². The zero-order chi connectivity index (χ0) is 33.9. The molecule has 0 saturated carbocycles. The minimum absolute atomic E-state index is 0.0283. The molecule has 3 unspecified atom stereocenters. The largest absolute Gasteiger partial charge is 0.446 e. The Balaban J connectivity index is 2.05. The van der Waals surface area contributed by atoms with E-state index < -0.39 is 5.41 Å². The van der Waals surface area contributed by atoms with Gasteiger partial charge in [-0.05, 0) is 98.9 Å². The first-order valence-corrected chi connectivity index (χ1v) is 17.3. The minimum atomic E-state index is -0.488. The van der Waals surface area contributed by atoms with Crippen molar-refractivity contribution < 1.29 is 14.3 Å². The third kappa shape index (κ3) is 10.9. The number of hydrogen-bond donors (Lipinski definition) is 2. The van der Waals surface area contributed by atoms with Crippen LogP contribution in [0.3, 0.4) is 0 Å². The van der Waals surface area contributed by atoms with Gasteiger partial charge in [0.2, 0.25) is 5.91 Å². The van der Waals surface area contributed by atoms with Gasteiger partial charge in [-0.3, -0.25) is 4.79 Å². The highest BCUT2D eigenvalue weighted by atomic mass is 16.6. The zero-order valence-electron chi connectivity index (χ0n) is 30.1. The molecule has 0 spiro atoms. The molecule has 1 aliphatic carbocycles. The van der Waals surface area contributed by atoms with Gasteiger partial charge in [-0.25, -0.2) is 4.79 Å². The third-order valence-corrected chi connectivity index (χ3v) is 11.3. The molecule has 0 heterocycles. The van der Waals surface area contributed by atoms with E-state index >= 15 is 0 Å². The lowest BCUT2D eigenvalue weighted by Gasteiger charge is -2.52. The molecule has 252 valence electrons. The molecular weight excluding hydrogens is 558 g/mol. The Kier molecular flexibility index (Phi) is 14.2. The van der Waals surface area contributed by atoms with E-state index in [2.05, 4.69) is 115 Å². The molecule has 1 aliphatic rings. The van der Waals surface area contributed by atoms with Crippen molar-refractivity contribution in [2.24, 2.45) is 33.5 Å². The molecule has 0 aliphatic heterocycles. The maximum absolute atomic E-state index is 13.6. The first-order chi connectivity index (χ1) is 20.9. The number of carbonyl (C=O) groups excluding carboxylic acids is 2. The lowest BCUT2D eigenvalue weighted by molar-refractivity contribution is -0.128. The van der Waals surface area contributed by atoms with Gasteiger partial charge in [0.05, 0.1) is 11.5 Å². The fraction of sp³-hybridized carbons (Fsp3) is 0.718. The Morgan fingerprint density at radius 3 is 2.13 bits per heavy atom. The molecule has 1 aromatic carbocycles. The van der Waals surface area contributed by atoms with Crippen LogP contribution in [-0.4, -0.2) is 31.2 Å². The molecule has 2 amide bonds. The fourth-order valence-electron chi connectivity index (χ4n) is 6.37. The Labute approximate surface area is 275 Å². The summed E-state index contributed by atoms with van der Waals surface area (Å²) in [6.45, 7) is 23.0. The van der Waals surface area contributed by atoms with E-state index in [4.69, 9.17) is 4.74 Å². The standard InChI is InChI=1S/C39H63N3O3/c1-29(2)32(34(43)41-24-19-25-42-35(44)45-31-22-17-12-11-13-18-23-31)26-37(5,6)39(9,10)33(30-20-15-14-16-21-30)27-36(3,4)38(7,8)28-40/h11-12,14-16,20-21,29,31-33H,13,17-19,22-27H2,1-10H3,(H,41,43)(H,42,44)/b12-11+. The van der Waals surface area contributed by atoms with Crippen LogP contribution in [-0.2, 0) is 9.53 Å². The van der Waals surface area contributed by atoms with Crippen molar-refractivity contribution >= 4 is 12.0 Å². The van der Waals surface area contributed by atoms with Gasteiger partial charge in [0.15, 0.2) is 0 Å². The second kappa shape index (κ2) is 16.7. The van der Waals surface area contributed by atoms with Crippen LogP contribution in [0.15, 0.2) is 42.5 Å². The summed E-state index contributed by atoms with van der Waals surface area (Å²) in [6.07, 6.45) is 11.0. The summed E-state index contributed by atoms with van der Waals surface area (Å²) in [4.78, 5) is 25.9. The smallest absolute Gasteiger partial charge is 0.407 e. The molecule has 2 rings (SSSR count). The molecule has 0 radical (unpaired) electrons. The van der Waals surface area contributed by atoms with Crippen LogP contribution in [0.5, 0.6) is 0 Å². The number of nitrogens with zero attached hydrogens (tertiary/aromatic N) is 1. The van der Waals surface area contributed by atoms with E-state index in [0.29, 0.717) is 19.5 Å². The number of nitrogens with one attached hydrogen (secondary N) is 2. The second-order valence-electron chi connectivity index (χ2n) is 16.0. The Morgan fingerprint density at radius 1 is 0.889 bits per heavy atom. The summed E-state index contributed by atoms with van der Waals surface area (Å²) in [7, 11) is 0. The van der Waals surface area contributed by atoms with Gasteiger partial charge >= 0.3 is 6.09 Å². The normalized spacial score (nSPS) is 18.6. The molecule has 2 N–H and O–H groups in total. The average molecular weight is 622 g/mol. The van der Waals surface area contributed by atoms with Crippen molar-refractivity contribution in [3.05, 3.63) is 48.0 Å². The van der Waals surface area contributed by atoms with E-state index in [-0.39, 0.29) is 52.1 Å². The third-order valence-electron chi connectivity index (χ3n) is 11.3. The molecule has 6 nitrogen and oxygen atoms in total. The van der Waals surface area contributed by atoms with E-state index in [1.807, 2.05) is 13.8 Å². The van der Waals surface area contributed by atoms with Crippen molar-refractivity contribution in [1.29, 1.82) is 5.26 Å². The highest BCUT2D eigenvalue weighted by Crippen LogP contribution is 2.57. The van der Waals surface area contributed by atoms with Gasteiger partial charge in [0, 0.05) is 19.0 Å². The topological polar surface area (TPSA) is 91.2 Å². The first kappa shape index (κ1) is 38.4. The predicted molar refractivity (Wildman–Crippen MR) is 186 cm³/mol. The van der Waals surface area contributed by atoms with Crippen LogP contribution < -0.4 is 10.6 Å². The van der Waals surface area contributed by atoms with Crippen molar-refractivity contribution in [3.8, 4) is 6.07 Å². The van der Waals surface area contributed by atoms with Crippen LogP contribution in [0.4, 0.5) is 4.79 Å². The van der Waals surface area contributed by atoms with Crippen molar-refractivity contribution in [2.45, 2.75) is 133 Å². The van der Waals surface area contributed by atoms with Gasteiger partial charge in [0.25, 0.3) is 0 Å². The molecule has 0 saturated heterocycles. The second-order valence-corrected chi connectivity index (χ2v) is 16.0. The average Bonchev–Trinajstić information content (AvgIpc) is 2.95.